The predicted octanol–water partition coefficient (Wildman–Crippen LogP) is 1.57. The normalized spacial score (nSPS) is 29.9. The van der Waals surface area contributed by atoms with Crippen molar-refractivity contribution in [1.82, 2.24) is 5.32 Å². The summed E-state index contributed by atoms with van der Waals surface area (Å²) in [6.45, 7) is 5.43. The molecule has 0 saturated heterocycles. The number of benzene rings is 1. The Morgan fingerprint density at radius 3 is 2.35 bits per heavy atom. The van der Waals surface area contributed by atoms with Gasteiger partial charge in [0.1, 0.15) is 5.75 Å². The summed E-state index contributed by atoms with van der Waals surface area (Å²) in [5, 5.41) is 23.1. The monoisotopic (exact) mass is 279 g/mol. The highest BCUT2D eigenvalue weighted by Gasteiger charge is 2.44. The highest BCUT2D eigenvalue weighted by Crippen LogP contribution is 2.38. The summed E-state index contributed by atoms with van der Waals surface area (Å²) >= 11 is 0. The summed E-state index contributed by atoms with van der Waals surface area (Å²) in [6.07, 6.45) is -0.159. The Kier molecular flexibility index (Phi) is 5.02. The lowest BCUT2D eigenvalue weighted by Crippen LogP contribution is -2.40. The number of hydrogen-bond acceptors (Lipinski definition) is 4. The van der Waals surface area contributed by atoms with Gasteiger partial charge < -0.3 is 20.3 Å². The fraction of sp³-hybridized carbons (Fsp3) is 0.625. The van der Waals surface area contributed by atoms with E-state index in [9.17, 15) is 10.2 Å². The van der Waals surface area contributed by atoms with Gasteiger partial charge in [-0.25, -0.2) is 0 Å². The third kappa shape index (κ3) is 3.95. The van der Waals surface area contributed by atoms with Crippen LogP contribution in [0.1, 0.15) is 26.7 Å². The molecule has 0 amide bonds. The molecule has 1 saturated carbocycles. The van der Waals surface area contributed by atoms with Crippen molar-refractivity contribution in [1.29, 1.82) is 0 Å². The second-order valence-corrected chi connectivity index (χ2v) is 6.18. The number of hydrogen-bond donors (Lipinski definition) is 3. The second-order valence-electron chi connectivity index (χ2n) is 6.18. The summed E-state index contributed by atoms with van der Waals surface area (Å²) in [5.41, 5.74) is -0.209. The standard InChI is InChI=1S/C16H25NO3/c1-12(2)17-10-16(8-14(18)15(19)9-16)11-20-13-6-4-3-5-7-13/h3-7,12,14-15,17-19H,8-11H2,1-2H3/t14-,15+,16?. The number of para-hydroxylation sites is 1. The number of aliphatic hydroxyl groups excluding tert-OH is 2. The van der Waals surface area contributed by atoms with Crippen LogP contribution in [0.2, 0.25) is 0 Å². The largest absolute Gasteiger partial charge is 0.493 e. The molecular formula is C16H25NO3. The molecule has 0 bridgehead atoms. The van der Waals surface area contributed by atoms with E-state index < -0.39 is 12.2 Å². The van der Waals surface area contributed by atoms with E-state index in [1.54, 1.807) is 0 Å². The van der Waals surface area contributed by atoms with Crippen molar-refractivity contribution in [3.8, 4) is 5.75 Å². The molecule has 2 rings (SSSR count). The van der Waals surface area contributed by atoms with E-state index in [2.05, 4.69) is 19.2 Å². The summed E-state index contributed by atoms with van der Waals surface area (Å²) in [4.78, 5) is 0. The Labute approximate surface area is 120 Å². The van der Waals surface area contributed by atoms with Crippen LogP contribution in [0.5, 0.6) is 5.75 Å². The first-order chi connectivity index (χ1) is 9.51. The van der Waals surface area contributed by atoms with Crippen molar-refractivity contribution in [2.75, 3.05) is 13.2 Å². The summed E-state index contributed by atoms with van der Waals surface area (Å²) in [7, 11) is 0. The van der Waals surface area contributed by atoms with Gasteiger partial charge in [0, 0.05) is 18.0 Å². The Hall–Kier alpha value is -1.10. The first-order valence-electron chi connectivity index (χ1n) is 7.28. The molecule has 0 radical (unpaired) electrons. The molecular weight excluding hydrogens is 254 g/mol. The van der Waals surface area contributed by atoms with E-state index in [1.165, 1.54) is 0 Å². The van der Waals surface area contributed by atoms with E-state index in [4.69, 9.17) is 4.74 Å². The molecule has 0 spiro atoms. The highest BCUT2D eigenvalue weighted by atomic mass is 16.5. The van der Waals surface area contributed by atoms with Gasteiger partial charge in [-0.15, -0.1) is 0 Å². The molecule has 1 aromatic rings. The molecule has 20 heavy (non-hydrogen) atoms. The minimum atomic E-state index is -0.650. The van der Waals surface area contributed by atoms with Crippen LogP contribution in [-0.2, 0) is 0 Å². The van der Waals surface area contributed by atoms with E-state index in [0.717, 1.165) is 12.3 Å². The molecule has 1 aliphatic carbocycles. The average molecular weight is 279 g/mol. The topological polar surface area (TPSA) is 61.7 Å². The third-order valence-electron chi connectivity index (χ3n) is 3.90. The summed E-state index contributed by atoms with van der Waals surface area (Å²) in [6, 6.07) is 10.0. The van der Waals surface area contributed by atoms with Crippen molar-refractivity contribution in [3.05, 3.63) is 30.3 Å². The Morgan fingerprint density at radius 2 is 1.80 bits per heavy atom. The van der Waals surface area contributed by atoms with Gasteiger partial charge in [-0.2, -0.15) is 0 Å². The number of rotatable bonds is 6. The van der Waals surface area contributed by atoms with Crippen LogP contribution in [0.15, 0.2) is 30.3 Å². The molecule has 1 aliphatic rings. The van der Waals surface area contributed by atoms with Crippen LogP contribution in [0.3, 0.4) is 0 Å². The third-order valence-corrected chi connectivity index (χ3v) is 3.90. The minimum Gasteiger partial charge on any atom is -0.493 e. The van der Waals surface area contributed by atoms with E-state index in [-0.39, 0.29) is 5.41 Å². The van der Waals surface area contributed by atoms with Crippen molar-refractivity contribution in [2.45, 2.75) is 44.9 Å². The van der Waals surface area contributed by atoms with Gasteiger partial charge in [-0.3, -0.25) is 0 Å². The molecule has 4 heteroatoms. The first-order valence-corrected chi connectivity index (χ1v) is 7.28. The number of aliphatic hydroxyl groups is 2. The van der Waals surface area contributed by atoms with Crippen molar-refractivity contribution in [3.63, 3.8) is 0 Å². The second kappa shape index (κ2) is 6.57. The van der Waals surface area contributed by atoms with Crippen molar-refractivity contribution < 1.29 is 14.9 Å². The Bertz CT molecular complexity index is 397. The summed E-state index contributed by atoms with van der Waals surface area (Å²) in [5.74, 6) is 0.826. The maximum atomic E-state index is 9.86. The molecule has 3 atom stereocenters. The average Bonchev–Trinajstić information content (AvgIpc) is 2.72. The summed E-state index contributed by atoms with van der Waals surface area (Å²) < 4.78 is 5.86. The Morgan fingerprint density at radius 1 is 1.20 bits per heavy atom. The molecule has 0 heterocycles. The zero-order valence-corrected chi connectivity index (χ0v) is 12.2. The van der Waals surface area contributed by atoms with E-state index in [1.807, 2.05) is 30.3 Å². The van der Waals surface area contributed by atoms with Crippen LogP contribution in [0, 0.1) is 5.41 Å². The van der Waals surface area contributed by atoms with Gasteiger partial charge in [-0.1, -0.05) is 32.0 Å². The fourth-order valence-electron chi connectivity index (χ4n) is 2.73. The van der Waals surface area contributed by atoms with Gasteiger partial charge in [0.2, 0.25) is 0 Å². The molecule has 0 aliphatic heterocycles. The first kappa shape index (κ1) is 15.3. The van der Waals surface area contributed by atoms with Gasteiger partial charge in [0.05, 0.1) is 18.8 Å². The van der Waals surface area contributed by atoms with Gasteiger partial charge in [0.15, 0.2) is 0 Å². The molecule has 112 valence electrons. The molecule has 1 aromatic carbocycles. The molecule has 4 nitrogen and oxygen atoms in total. The maximum Gasteiger partial charge on any atom is 0.119 e. The SMILES string of the molecule is CC(C)NCC1(COc2ccccc2)C[C@@H](O)[C@@H](O)C1. The molecule has 0 aromatic heterocycles. The van der Waals surface area contributed by atoms with Crippen LogP contribution in [0.4, 0.5) is 0 Å². The number of nitrogens with one attached hydrogen (secondary N) is 1. The maximum absolute atomic E-state index is 9.86. The van der Waals surface area contributed by atoms with Crippen molar-refractivity contribution >= 4 is 0 Å². The fourth-order valence-corrected chi connectivity index (χ4v) is 2.73. The molecule has 1 fully saturated rings. The zero-order chi connectivity index (χ0) is 14.6. The van der Waals surface area contributed by atoms with Gasteiger partial charge >= 0.3 is 0 Å². The Balaban J connectivity index is 2.00. The lowest BCUT2D eigenvalue weighted by atomic mass is 9.86. The quantitative estimate of drug-likeness (QED) is 0.739. The van der Waals surface area contributed by atoms with Crippen LogP contribution in [0.25, 0.3) is 0 Å². The molecule has 3 N–H and O–H groups in total. The lowest BCUT2D eigenvalue weighted by molar-refractivity contribution is 0.0438. The van der Waals surface area contributed by atoms with Crippen LogP contribution >= 0.6 is 0 Å². The zero-order valence-electron chi connectivity index (χ0n) is 12.2. The molecule has 1 unspecified atom stereocenters. The van der Waals surface area contributed by atoms with Crippen LogP contribution < -0.4 is 10.1 Å². The van der Waals surface area contributed by atoms with E-state index in [0.29, 0.717) is 25.5 Å². The predicted molar refractivity (Wildman–Crippen MR) is 78.8 cm³/mol. The lowest BCUT2D eigenvalue weighted by Gasteiger charge is -2.30. The number of ether oxygens (including phenoxy) is 1. The van der Waals surface area contributed by atoms with Crippen LogP contribution in [-0.4, -0.2) is 41.6 Å². The van der Waals surface area contributed by atoms with Gasteiger partial charge in [-0.05, 0) is 25.0 Å². The highest BCUT2D eigenvalue weighted by molar-refractivity contribution is 5.21. The minimum absolute atomic E-state index is 0.209. The van der Waals surface area contributed by atoms with E-state index >= 15 is 0 Å². The smallest absolute Gasteiger partial charge is 0.119 e. The van der Waals surface area contributed by atoms with Gasteiger partial charge in [0.25, 0.3) is 0 Å². The van der Waals surface area contributed by atoms with Crippen molar-refractivity contribution in [2.24, 2.45) is 5.41 Å².